The van der Waals surface area contributed by atoms with Gasteiger partial charge in [0.25, 0.3) is 0 Å². The number of phenolic OH excluding ortho intramolecular Hbond substituents is 1. The molecule has 2 nitrogen and oxygen atoms in total. The summed E-state index contributed by atoms with van der Waals surface area (Å²) in [5, 5.41) is 11.8. The summed E-state index contributed by atoms with van der Waals surface area (Å²) >= 11 is 0. The fraction of sp³-hybridized carbons (Fsp3) is 0.478. The topological polar surface area (TPSA) is 23.5 Å². The summed E-state index contributed by atoms with van der Waals surface area (Å²) in [7, 11) is 0.652. The Kier molecular flexibility index (Phi) is 6.37. The predicted octanol–water partition coefficient (Wildman–Crippen LogP) is 5.32. The summed E-state index contributed by atoms with van der Waals surface area (Å²) in [5.74, 6) is 0.425. The normalized spacial score (nSPS) is 18.3. The van der Waals surface area contributed by atoms with Gasteiger partial charge in [-0.3, -0.25) is 4.90 Å². The van der Waals surface area contributed by atoms with Crippen LogP contribution in [0, 0.1) is 6.92 Å². The molecule has 1 saturated heterocycles. The molecule has 2 aromatic carbocycles. The molecule has 0 bridgehead atoms. The molecule has 0 radical (unpaired) electrons. The molecule has 26 heavy (non-hydrogen) atoms. The van der Waals surface area contributed by atoms with Crippen LogP contribution >= 0.6 is 8.58 Å². The molecule has 0 spiro atoms. The third kappa shape index (κ3) is 4.48. The second-order valence-corrected chi connectivity index (χ2v) is 9.72. The molecule has 0 aliphatic carbocycles. The number of rotatable bonds is 6. The highest BCUT2D eigenvalue weighted by molar-refractivity contribution is 7.48. The molecule has 2 unspecified atom stereocenters. The fourth-order valence-corrected chi connectivity index (χ4v) is 5.51. The quantitative estimate of drug-likeness (QED) is 0.697. The Morgan fingerprint density at radius 1 is 1.08 bits per heavy atom. The smallest absolute Gasteiger partial charge is 0.119 e. The van der Waals surface area contributed by atoms with Crippen LogP contribution in [-0.4, -0.2) is 23.1 Å². The van der Waals surface area contributed by atoms with E-state index >= 15 is 0 Å². The Morgan fingerprint density at radius 3 is 2.50 bits per heavy atom. The molecule has 3 rings (SSSR count). The Hall–Kier alpha value is -1.37. The molecule has 1 aliphatic rings. The highest BCUT2D eigenvalue weighted by Crippen LogP contribution is 2.47. The van der Waals surface area contributed by atoms with Gasteiger partial charge in [0.15, 0.2) is 0 Å². The maximum atomic E-state index is 10.4. The summed E-state index contributed by atoms with van der Waals surface area (Å²) in [6.45, 7) is 10.2. The number of benzene rings is 2. The second-order valence-electron chi connectivity index (χ2n) is 7.83. The molecule has 2 aromatic rings. The minimum Gasteiger partial charge on any atom is -0.508 e. The van der Waals surface area contributed by atoms with Gasteiger partial charge < -0.3 is 5.11 Å². The minimum absolute atomic E-state index is 0.0305. The third-order valence-electron chi connectivity index (χ3n) is 5.72. The summed E-state index contributed by atoms with van der Waals surface area (Å²) in [4.78, 5) is 2.61. The molecule has 0 aromatic heterocycles. The first-order chi connectivity index (χ1) is 12.5. The van der Waals surface area contributed by atoms with Gasteiger partial charge in [0.1, 0.15) is 5.75 Å². The van der Waals surface area contributed by atoms with Crippen molar-refractivity contribution < 1.29 is 5.11 Å². The van der Waals surface area contributed by atoms with Gasteiger partial charge in [-0.15, -0.1) is 0 Å². The number of hydrogen-bond acceptors (Lipinski definition) is 2. The zero-order chi connectivity index (χ0) is 18.6. The Labute approximate surface area is 160 Å². The van der Waals surface area contributed by atoms with E-state index in [0.717, 1.165) is 18.5 Å². The molecule has 1 heterocycles. The maximum Gasteiger partial charge on any atom is 0.119 e. The van der Waals surface area contributed by atoms with Crippen molar-refractivity contribution in [2.24, 2.45) is 0 Å². The minimum atomic E-state index is -0.0305. The van der Waals surface area contributed by atoms with E-state index in [9.17, 15) is 5.11 Å². The third-order valence-corrected chi connectivity index (χ3v) is 7.65. The standard InChI is InChI=1S/C23H32NOP/c1-4-23(3,20-10-6-7-11-21(20)25)26-22-13-12-18(2)16-19(22)17-24-14-8-5-9-15-24/h6-7,10-13,16,25-26H,4-5,8-9,14-15,17H2,1-3H3. The van der Waals surface area contributed by atoms with E-state index < -0.39 is 0 Å². The summed E-state index contributed by atoms with van der Waals surface area (Å²) < 4.78 is 0. The van der Waals surface area contributed by atoms with Gasteiger partial charge in [-0.1, -0.05) is 70.8 Å². The summed E-state index contributed by atoms with van der Waals surface area (Å²) in [5.41, 5.74) is 3.89. The SMILES string of the molecule is CCC(C)(Pc1ccc(C)cc1CN1CCCCC1)c1ccccc1O. The number of phenols is 1. The van der Waals surface area contributed by atoms with E-state index in [4.69, 9.17) is 0 Å². The van der Waals surface area contributed by atoms with E-state index in [1.165, 1.54) is 48.8 Å². The van der Waals surface area contributed by atoms with Crippen molar-refractivity contribution in [2.45, 2.75) is 58.2 Å². The lowest BCUT2D eigenvalue weighted by atomic mass is 9.96. The molecule has 0 amide bonds. The molecule has 1 aliphatic heterocycles. The van der Waals surface area contributed by atoms with Crippen molar-refractivity contribution in [3.05, 3.63) is 59.2 Å². The summed E-state index contributed by atoms with van der Waals surface area (Å²) in [6, 6.07) is 14.8. The maximum absolute atomic E-state index is 10.4. The van der Waals surface area contributed by atoms with Crippen LogP contribution in [0.4, 0.5) is 0 Å². The van der Waals surface area contributed by atoms with E-state index in [0.29, 0.717) is 14.3 Å². The van der Waals surface area contributed by atoms with Crippen LogP contribution in [0.5, 0.6) is 5.75 Å². The van der Waals surface area contributed by atoms with Crippen LogP contribution in [0.25, 0.3) is 0 Å². The zero-order valence-electron chi connectivity index (χ0n) is 16.4. The van der Waals surface area contributed by atoms with Gasteiger partial charge in [-0.25, -0.2) is 0 Å². The molecule has 140 valence electrons. The molecule has 3 heteroatoms. The van der Waals surface area contributed by atoms with Crippen molar-refractivity contribution in [2.75, 3.05) is 13.1 Å². The van der Waals surface area contributed by atoms with E-state index in [1.54, 1.807) is 0 Å². The van der Waals surface area contributed by atoms with Crippen LogP contribution in [0.3, 0.4) is 0 Å². The molecule has 0 saturated carbocycles. The largest absolute Gasteiger partial charge is 0.508 e. The second kappa shape index (κ2) is 8.55. The van der Waals surface area contributed by atoms with Crippen molar-refractivity contribution in [1.29, 1.82) is 0 Å². The number of hydrogen-bond donors (Lipinski definition) is 1. The van der Waals surface area contributed by atoms with Crippen molar-refractivity contribution in [3.63, 3.8) is 0 Å². The Bertz CT molecular complexity index is 739. The molecular formula is C23H32NOP. The van der Waals surface area contributed by atoms with Crippen molar-refractivity contribution >= 4 is 13.9 Å². The predicted molar refractivity (Wildman–Crippen MR) is 114 cm³/mol. The lowest BCUT2D eigenvalue weighted by Gasteiger charge is -2.32. The lowest BCUT2D eigenvalue weighted by molar-refractivity contribution is 0.221. The number of para-hydroxylation sites is 1. The Balaban J connectivity index is 1.89. The van der Waals surface area contributed by atoms with Crippen molar-refractivity contribution in [1.82, 2.24) is 4.90 Å². The van der Waals surface area contributed by atoms with Gasteiger partial charge in [-0.2, -0.15) is 0 Å². The van der Waals surface area contributed by atoms with Gasteiger partial charge in [0.2, 0.25) is 0 Å². The van der Waals surface area contributed by atoms with Gasteiger partial charge >= 0.3 is 0 Å². The van der Waals surface area contributed by atoms with E-state index in [-0.39, 0.29) is 5.16 Å². The highest BCUT2D eigenvalue weighted by atomic mass is 31.1. The van der Waals surface area contributed by atoms with Gasteiger partial charge in [-0.05, 0) is 56.2 Å². The van der Waals surface area contributed by atoms with Gasteiger partial charge in [0, 0.05) is 17.3 Å². The molecule has 1 N–H and O–H groups in total. The Morgan fingerprint density at radius 2 is 1.81 bits per heavy atom. The summed E-state index contributed by atoms with van der Waals surface area (Å²) in [6.07, 6.45) is 5.04. The van der Waals surface area contributed by atoms with Crippen LogP contribution in [0.2, 0.25) is 0 Å². The highest BCUT2D eigenvalue weighted by Gasteiger charge is 2.29. The zero-order valence-corrected chi connectivity index (χ0v) is 17.4. The number of likely N-dealkylation sites (tertiary alicyclic amines) is 1. The monoisotopic (exact) mass is 369 g/mol. The number of nitrogens with zero attached hydrogens (tertiary/aromatic N) is 1. The first kappa shape index (κ1) is 19.4. The van der Waals surface area contributed by atoms with Crippen LogP contribution in [0.1, 0.15) is 56.2 Å². The molecule has 1 fully saturated rings. The van der Waals surface area contributed by atoms with Crippen molar-refractivity contribution in [3.8, 4) is 5.75 Å². The van der Waals surface area contributed by atoms with Crippen LogP contribution < -0.4 is 5.30 Å². The number of piperidine rings is 1. The van der Waals surface area contributed by atoms with Crippen LogP contribution in [-0.2, 0) is 11.7 Å². The van der Waals surface area contributed by atoms with E-state index in [1.807, 2.05) is 18.2 Å². The van der Waals surface area contributed by atoms with E-state index in [2.05, 4.69) is 49.9 Å². The molecular weight excluding hydrogens is 337 g/mol. The first-order valence-electron chi connectivity index (χ1n) is 9.90. The average molecular weight is 369 g/mol. The first-order valence-corrected chi connectivity index (χ1v) is 10.9. The lowest BCUT2D eigenvalue weighted by Crippen LogP contribution is -2.31. The average Bonchev–Trinajstić information content (AvgIpc) is 2.65. The molecule has 2 atom stereocenters. The fourth-order valence-electron chi connectivity index (χ4n) is 3.92. The van der Waals surface area contributed by atoms with Crippen LogP contribution in [0.15, 0.2) is 42.5 Å². The van der Waals surface area contributed by atoms with Gasteiger partial charge in [0.05, 0.1) is 0 Å². The number of aryl methyl sites for hydroxylation is 1. The number of aromatic hydroxyl groups is 1.